The van der Waals surface area contributed by atoms with Crippen LogP contribution in [-0.2, 0) is 35.2 Å². The number of aromatic nitrogens is 5. The lowest BCUT2D eigenvalue weighted by atomic mass is 9.99. The normalized spacial score (nSPS) is 10.5. The van der Waals surface area contributed by atoms with Crippen molar-refractivity contribution in [2.75, 3.05) is 0 Å². The summed E-state index contributed by atoms with van der Waals surface area (Å²) in [7, 11) is 10.6. The van der Waals surface area contributed by atoms with Gasteiger partial charge in [0, 0.05) is 101 Å². The Labute approximate surface area is 488 Å². The molecule has 10 aromatic rings. The molecule has 0 spiro atoms. The maximum Gasteiger partial charge on any atom is 0.215 e. The van der Waals surface area contributed by atoms with Crippen molar-refractivity contribution < 1.29 is 22.8 Å². The molecule has 0 atom stereocenters. The second-order valence-electron chi connectivity index (χ2n) is 22.7. The number of nitrogens with zero attached hydrogens (tertiary/aromatic N) is 5. The fourth-order valence-corrected chi connectivity index (χ4v) is 10.8. The Morgan fingerprint density at radius 3 is 0.963 bits per heavy atom. The second-order valence-corrected chi connectivity index (χ2v) is 22.7. The van der Waals surface area contributed by atoms with Crippen LogP contribution in [0.1, 0.15) is 89.3 Å². The Morgan fingerprint density at radius 2 is 0.593 bits per heavy atom. The lowest BCUT2D eigenvalue weighted by Gasteiger charge is -2.08. The van der Waals surface area contributed by atoms with Gasteiger partial charge in [-0.25, -0.2) is 13.7 Å². The molecule has 0 saturated heterocycles. The smallest absolute Gasteiger partial charge is 0.201 e. The molecule has 0 saturated carbocycles. The lowest BCUT2D eigenvalue weighted by Crippen LogP contribution is -2.35. The van der Waals surface area contributed by atoms with Crippen LogP contribution in [-0.4, -0.2) is 0 Å². The minimum Gasteiger partial charge on any atom is -0.201 e. The lowest BCUT2D eigenvalue weighted by molar-refractivity contribution is -0.666. The molecule has 0 N–H and O–H groups in total. The SMILES string of the molecule is Cc1cc(C)[n+](C)c(-c2ccccc2C)c1.Cc1ccc(-c2cc(C)cc(C)[n+]2C)c(C)c1.Cc1ccc(-c2ccc(C)c[n+]2C)c(C)c1.Cc1ccccc1-c1c(C)c(C)cc[n+]1C.Cc1ccccc1-c1c(C)c(C)cc[n+]1C. The molecule has 5 aromatic carbocycles. The third kappa shape index (κ3) is 15.6. The van der Waals surface area contributed by atoms with Gasteiger partial charge >= 0.3 is 0 Å². The number of rotatable bonds is 5. The van der Waals surface area contributed by atoms with E-state index >= 15 is 0 Å². The zero-order valence-electron chi connectivity index (χ0n) is 53.0. The first-order valence-electron chi connectivity index (χ1n) is 28.5. The predicted molar refractivity (Wildman–Crippen MR) is 341 cm³/mol. The Hall–Kier alpha value is -8.15. The molecule has 0 bridgehead atoms. The van der Waals surface area contributed by atoms with Crippen LogP contribution >= 0.6 is 0 Å². The molecule has 0 aliphatic rings. The molecule has 0 unspecified atom stereocenters. The molecule has 10 rings (SSSR count). The van der Waals surface area contributed by atoms with Gasteiger partial charge in [0.05, 0.1) is 0 Å². The molecule has 5 aromatic heterocycles. The molecule has 0 amide bonds. The van der Waals surface area contributed by atoms with E-state index in [0.29, 0.717) is 0 Å². The Morgan fingerprint density at radius 1 is 0.247 bits per heavy atom. The van der Waals surface area contributed by atoms with E-state index in [1.54, 1.807) is 0 Å². The topological polar surface area (TPSA) is 19.4 Å². The summed E-state index contributed by atoms with van der Waals surface area (Å²) in [5.41, 5.74) is 34.3. The Bertz CT molecular complexity index is 3690. The van der Waals surface area contributed by atoms with Crippen LogP contribution < -0.4 is 22.8 Å². The standard InChI is InChI=1S/C16H20N.4C15H18N/c1-11-6-7-15(13(3)8-11)16-10-12(2)9-14(4)17(16)5;1-11-5-7-14(13(3)9-11)15-8-6-12(2)10-16(15)4;1-11-9-13(3)16(4)15(10-11)14-8-6-5-7-12(14)2;2*1-11-9-10-16(4)15(13(11)3)14-8-6-5-7-12(14)2/h6-10H,1-5H3;4*5-10H,1-4H3/q5*+1. The van der Waals surface area contributed by atoms with Crippen molar-refractivity contribution in [3.05, 3.63) is 266 Å². The third-order valence-corrected chi connectivity index (χ3v) is 15.9. The van der Waals surface area contributed by atoms with Crippen LogP contribution in [0.2, 0.25) is 0 Å². The van der Waals surface area contributed by atoms with Gasteiger partial charge in [0.2, 0.25) is 28.5 Å². The molecule has 0 aliphatic carbocycles. The molecule has 5 heterocycles. The number of hydrogen-bond donors (Lipinski definition) is 0. The van der Waals surface area contributed by atoms with E-state index in [1.807, 2.05) is 0 Å². The number of aryl methyl sites for hydroxylation is 17. The summed E-state index contributed by atoms with van der Waals surface area (Å²) in [4.78, 5) is 0. The summed E-state index contributed by atoms with van der Waals surface area (Å²) < 4.78 is 11.1. The van der Waals surface area contributed by atoms with E-state index in [4.69, 9.17) is 0 Å². The van der Waals surface area contributed by atoms with Crippen molar-refractivity contribution >= 4 is 0 Å². The number of hydrogen-bond acceptors (Lipinski definition) is 0. The van der Waals surface area contributed by atoms with E-state index < -0.39 is 0 Å². The highest BCUT2D eigenvalue weighted by Gasteiger charge is 2.20. The van der Waals surface area contributed by atoms with Gasteiger partial charge in [-0.15, -0.1) is 0 Å². The molecule has 5 heteroatoms. The van der Waals surface area contributed by atoms with Gasteiger partial charge in [-0.1, -0.05) is 90.0 Å². The van der Waals surface area contributed by atoms with E-state index in [9.17, 15) is 0 Å². The van der Waals surface area contributed by atoms with Crippen molar-refractivity contribution in [2.24, 2.45) is 35.2 Å². The average Bonchev–Trinajstić information content (AvgIpc) is 3.41. The molecular formula is C76H92N5+5. The Kier molecular flexibility index (Phi) is 21.3. The van der Waals surface area contributed by atoms with Crippen molar-refractivity contribution in [2.45, 2.75) is 111 Å². The molecule has 0 radical (unpaired) electrons. The van der Waals surface area contributed by atoms with Crippen LogP contribution in [0.4, 0.5) is 0 Å². The second kappa shape index (κ2) is 27.8. The van der Waals surface area contributed by atoms with Crippen LogP contribution in [0.5, 0.6) is 0 Å². The highest BCUT2D eigenvalue weighted by atomic mass is 15.0. The summed E-state index contributed by atoms with van der Waals surface area (Å²) in [5, 5.41) is 0. The van der Waals surface area contributed by atoms with E-state index in [2.05, 4.69) is 345 Å². The zero-order chi connectivity index (χ0) is 59.4. The first-order valence-corrected chi connectivity index (χ1v) is 28.5. The fourth-order valence-electron chi connectivity index (χ4n) is 10.8. The number of benzene rings is 5. The van der Waals surface area contributed by atoms with Crippen molar-refractivity contribution in [1.82, 2.24) is 0 Å². The molecule has 5 nitrogen and oxygen atoms in total. The van der Waals surface area contributed by atoms with Gasteiger partial charge in [0.25, 0.3) is 0 Å². The zero-order valence-corrected chi connectivity index (χ0v) is 53.0. The highest BCUT2D eigenvalue weighted by Crippen LogP contribution is 2.28. The van der Waals surface area contributed by atoms with E-state index in [-0.39, 0.29) is 0 Å². The van der Waals surface area contributed by atoms with Crippen LogP contribution in [0.3, 0.4) is 0 Å². The molecule has 0 fully saturated rings. The van der Waals surface area contributed by atoms with Gasteiger partial charge < -0.3 is 0 Å². The van der Waals surface area contributed by atoms with E-state index in [0.717, 1.165) is 0 Å². The summed E-state index contributed by atoms with van der Waals surface area (Å²) in [5.74, 6) is 0. The summed E-state index contributed by atoms with van der Waals surface area (Å²) in [6.07, 6.45) is 6.42. The number of pyridine rings is 5. The Balaban J connectivity index is 0.000000163. The highest BCUT2D eigenvalue weighted by molar-refractivity contribution is 5.67. The minimum atomic E-state index is 1.27. The van der Waals surface area contributed by atoms with Gasteiger partial charge in [-0.2, -0.15) is 9.13 Å². The molecule has 416 valence electrons. The first kappa shape index (κ1) is 62.1. The summed E-state index contributed by atoms with van der Waals surface area (Å²) >= 11 is 0. The predicted octanol–water partition coefficient (Wildman–Crippen LogP) is 15.8. The minimum absolute atomic E-state index is 1.27. The van der Waals surface area contributed by atoms with Gasteiger partial charge in [0.15, 0.2) is 30.0 Å². The summed E-state index contributed by atoms with van der Waals surface area (Å²) in [6.45, 7) is 34.5. The molecular weight excluding hydrogens is 983 g/mol. The van der Waals surface area contributed by atoms with E-state index in [1.165, 1.54) is 146 Å². The van der Waals surface area contributed by atoms with Gasteiger partial charge in [0.1, 0.15) is 35.2 Å². The van der Waals surface area contributed by atoms with Crippen LogP contribution in [0, 0.1) is 111 Å². The first-order chi connectivity index (χ1) is 38.4. The monoisotopic (exact) mass is 1070 g/mol. The maximum absolute atomic E-state index is 2.25. The van der Waals surface area contributed by atoms with Crippen LogP contribution in [0.15, 0.2) is 176 Å². The third-order valence-electron chi connectivity index (χ3n) is 15.9. The summed E-state index contributed by atoms with van der Waals surface area (Å²) in [6, 6.07) is 56.5. The van der Waals surface area contributed by atoms with Crippen molar-refractivity contribution in [3.63, 3.8) is 0 Å². The van der Waals surface area contributed by atoms with Crippen molar-refractivity contribution in [3.8, 4) is 56.3 Å². The van der Waals surface area contributed by atoms with Crippen molar-refractivity contribution in [1.29, 1.82) is 0 Å². The molecule has 0 aliphatic heterocycles. The average molecular weight is 1080 g/mol. The van der Waals surface area contributed by atoms with Crippen LogP contribution in [0.25, 0.3) is 56.3 Å². The quantitative estimate of drug-likeness (QED) is 0.153. The maximum atomic E-state index is 2.25. The molecule has 81 heavy (non-hydrogen) atoms. The largest absolute Gasteiger partial charge is 0.215 e. The van der Waals surface area contributed by atoms with Gasteiger partial charge in [-0.05, 0) is 183 Å². The van der Waals surface area contributed by atoms with Gasteiger partial charge in [-0.3, -0.25) is 0 Å². The fraction of sp³-hybridized carbons (Fsp3) is 0.276.